The third-order valence-electron chi connectivity index (χ3n) is 3.39. The van der Waals surface area contributed by atoms with Gasteiger partial charge in [0.05, 0.1) is 11.1 Å². The number of rotatable bonds is 2. The van der Waals surface area contributed by atoms with Crippen molar-refractivity contribution in [1.82, 2.24) is 5.32 Å². The monoisotopic (exact) mass is 283 g/mol. The van der Waals surface area contributed by atoms with Crippen LogP contribution in [0.15, 0.2) is 59.4 Å². The highest BCUT2D eigenvalue weighted by molar-refractivity contribution is 5.96. The summed E-state index contributed by atoms with van der Waals surface area (Å²) in [5.41, 5.74) is 12.3. The number of aliphatic imine (C=N–C) groups is 1. The van der Waals surface area contributed by atoms with Gasteiger partial charge in [0.1, 0.15) is 0 Å². The van der Waals surface area contributed by atoms with Crippen molar-refractivity contribution in [3.8, 4) is 0 Å². The molecule has 0 spiro atoms. The number of nitrogens with two attached hydrogens (primary N) is 2. The molecule has 5 N–H and O–H groups in total. The first-order valence-corrected chi connectivity index (χ1v) is 6.26. The fourth-order valence-corrected chi connectivity index (χ4v) is 2.37. The Kier molecular flexibility index (Phi) is 2.84. The molecular weight excluding hydrogens is 270 g/mol. The molecule has 1 aliphatic rings. The molecule has 0 saturated carbocycles. The van der Waals surface area contributed by atoms with Gasteiger partial charge in [-0.25, -0.2) is 4.99 Å². The molecule has 0 fully saturated rings. The second-order valence-corrected chi connectivity index (χ2v) is 4.72. The van der Waals surface area contributed by atoms with E-state index in [1.54, 1.807) is 0 Å². The molecule has 3 rings (SSSR count). The smallest absolute Gasteiger partial charge is 0.326 e. The van der Waals surface area contributed by atoms with Crippen LogP contribution >= 0.6 is 0 Å². The first-order valence-electron chi connectivity index (χ1n) is 6.26. The maximum absolute atomic E-state index is 10.8. The lowest BCUT2D eigenvalue weighted by molar-refractivity contribution is -0.416. The van der Waals surface area contributed by atoms with E-state index in [2.05, 4.69) is 10.3 Å². The van der Waals surface area contributed by atoms with E-state index < -0.39 is 10.7 Å². The molecule has 2 aromatic carbocycles. The average Bonchev–Trinajstić information content (AvgIpc) is 2.46. The number of hydrogen-bond acceptors (Lipinski definition) is 6. The van der Waals surface area contributed by atoms with Gasteiger partial charge in [-0.3, -0.25) is 15.8 Å². The Bertz CT molecular complexity index is 794. The number of benzene rings is 2. The van der Waals surface area contributed by atoms with Crippen LogP contribution in [0, 0.1) is 10.1 Å². The SMILES string of the molecule is NC1=NC(N)(c2cccc3ccccc23)NC=C1[N+](=O)[O-]. The van der Waals surface area contributed by atoms with E-state index in [0.29, 0.717) is 5.56 Å². The van der Waals surface area contributed by atoms with Crippen LogP contribution in [0.3, 0.4) is 0 Å². The van der Waals surface area contributed by atoms with Crippen molar-refractivity contribution in [2.45, 2.75) is 5.79 Å². The highest BCUT2D eigenvalue weighted by atomic mass is 16.6. The molecule has 7 heteroatoms. The Morgan fingerprint density at radius 1 is 1.19 bits per heavy atom. The second kappa shape index (κ2) is 4.57. The fourth-order valence-electron chi connectivity index (χ4n) is 2.37. The predicted octanol–water partition coefficient (Wildman–Crippen LogP) is 0.987. The van der Waals surface area contributed by atoms with Crippen LogP contribution < -0.4 is 16.8 Å². The van der Waals surface area contributed by atoms with Gasteiger partial charge in [0.25, 0.3) is 0 Å². The van der Waals surface area contributed by atoms with E-state index in [1.165, 1.54) is 6.20 Å². The molecule has 0 bridgehead atoms. The fraction of sp³-hybridized carbons (Fsp3) is 0.0714. The first-order chi connectivity index (χ1) is 10.0. The minimum atomic E-state index is -1.33. The normalized spacial score (nSPS) is 21.4. The number of amidine groups is 1. The summed E-state index contributed by atoms with van der Waals surface area (Å²) < 4.78 is 0. The molecule has 0 aliphatic carbocycles. The topological polar surface area (TPSA) is 120 Å². The standard InChI is InChI=1S/C14H13N5O2/c15-13-12(19(20)21)8-17-14(16,18-13)11-7-3-5-9-4-1-2-6-10(9)11/h1-8,17H,16H2,(H2,15,18). The van der Waals surface area contributed by atoms with Crippen LogP contribution in [0.1, 0.15) is 5.56 Å². The summed E-state index contributed by atoms with van der Waals surface area (Å²) in [4.78, 5) is 14.3. The van der Waals surface area contributed by atoms with Gasteiger partial charge >= 0.3 is 5.70 Å². The van der Waals surface area contributed by atoms with Crippen molar-refractivity contribution in [3.05, 3.63) is 70.0 Å². The predicted molar refractivity (Wildman–Crippen MR) is 79.6 cm³/mol. The second-order valence-electron chi connectivity index (χ2n) is 4.72. The summed E-state index contributed by atoms with van der Waals surface area (Å²) in [6.45, 7) is 0. The number of fused-ring (bicyclic) bond motifs is 1. The minimum Gasteiger partial charge on any atom is -0.378 e. The van der Waals surface area contributed by atoms with Gasteiger partial charge in [0, 0.05) is 5.56 Å². The van der Waals surface area contributed by atoms with Crippen molar-refractivity contribution >= 4 is 16.6 Å². The molecule has 7 nitrogen and oxygen atoms in total. The lowest BCUT2D eigenvalue weighted by atomic mass is 9.99. The Labute approximate surface area is 120 Å². The van der Waals surface area contributed by atoms with E-state index >= 15 is 0 Å². The summed E-state index contributed by atoms with van der Waals surface area (Å²) >= 11 is 0. The van der Waals surface area contributed by atoms with Crippen LogP contribution in [0.2, 0.25) is 0 Å². The van der Waals surface area contributed by atoms with Crippen LogP contribution in [0.4, 0.5) is 0 Å². The third kappa shape index (κ3) is 2.09. The van der Waals surface area contributed by atoms with Gasteiger partial charge in [0.15, 0.2) is 0 Å². The van der Waals surface area contributed by atoms with E-state index in [0.717, 1.165) is 10.8 Å². The lowest BCUT2D eigenvalue weighted by Crippen LogP contribution is -2.51. The Balaban J connectivity index is 2.14. The minimum absolute atomic E-state index is 0.200. The van der Waals surface area contributed by atoms with Gasteiger partial charge < -0.3 is 11.1 Å². The molecule has 1 atom stereocenters. The molecule has 0 aromatic heterocycles. The van der Waals surface area contributed by atoms with Gasteiger partial charge in [-0.15, -0.1) is 0 Å². The summed E-state index contributed by atoms with van der Waals surface area (Å²) in [7, 11) is 0. The Morgan fingerprint density at radius 2 is 1.90 bits per heavy atom. The third-order valence-corrected chi connectivity index (χ3v) is 3.39. The molecule has 0 radical (unpaired) electrons. The number of nitro groups is 1. The Hall–Kier alpha value is -2.93. The largest absolute Gasteiger partial charge is 0.378 e. The molecule has 0 saturated heterocycles. The van der Waals surface area contributed by atoms with Gasteiger partial charge in [0.2, 0.25) is 11.6 Å². The number of nitrogens with one attached hydrogen (secondary N) is 1. The highest BCUT2D eigenvalue weighted by Gasteiger charge is 2.34. The van der Waals surface area contributed by atoms with Crippen LogP contribution in [0.25, 0.3) is 10.8 Å². The van der Waals surface area contributed by atoms with Crippen molar-refractivity contribution in [3.63, 3.8) is 0 Å². The van der Waals surface area contributed by atoms with Crippen LogP contribution in [0.5, 0.6) is 0 Å². The summed E-state index contributed by atoms with van der Waals surface area (Å²) in [5.74, 6) is -1.53. The zero-order chi connectivity index (χ0) is 15.0. The summed E-state index contributed by atoms with van der Waals surface area (Å²) in [5, 5.41) is 15.5. The zero-order valence-electron chi connectivity index (χ0n) is 11.0. The van der Waals surface area contributed by atoms with E-state index in [4.69, 9.17) is 11.5 Å². The maximum atomic E-state index is 10.8. The van der Waals surface area contributed by atoms with Crippen molar-refractivity contribution < 1.29 is 4.92 Å². The van der Waals surface area contributed by atoms with E-state index in [-0.39, 0.29) is 11.5 Å². The van der Waals surface area contributed by atoms with Crippen LogP contribution in [-0.2, 0) is 5.79 Å². The quantitative estimate of drug-likeness (QED) is 0.560. The molecule has 21 heavy (non-hydrogen) atoms. The average molecular weight is 283 g/mol. The summed E-state index contributed by atoms with van der Waals surface area (Å²) in [6.07, 6.45) is 1.18. The zero-order valence-corrected chi connectivity index (χ0v) is 11.0. The number of hydrogen-bond donors (Lipinski definition) is 3. The van der Waals surface area contributed by atoms with Gasteiger partial charge in [-0.1, -0.05) is 42.5 Å². The maximum Gasteiger partial charge on any atom is 0.326 e. The Morgan fingerprint density at radius 3 is 2.62 bits per heavy atom. The van der Waals surface area contributed by atoms with Gasteiger partial charge in [-0.05, 0) is 10.8 Å². The highest BCUT2D eigenvalue weighted by Crippen LogP contribution is 2.28. The van der Waals surface area contributed by atoms with Gasteiger partial charge in [-0.2, -0.15) is 0 Å². The van der Waals surface area contributed by atoms with Crippen molar-refractivity contribution in [1.29, 1.82) is 0 Å². The molecule has 1 heterocycles. The lowest BCUT2D eigenvalue weighted by Gasteiger charge is -2.29. The molecule has 106 valence electrons. The first kappa shape index (κ1) is 13.1. The molecule has 0 amide bonds. The molecule has 1 unspecified atom stereocenters. The molecule has 2 aromatic rings. The van der Waals surface area contributed by atoms with Crippen LogP contribution in [-0.4, -0.2) is 10.8 Å². The van der Waals surface area contributed by atoms with Crippen molar-refractivity contribution in [2.75, 3.05) is 0 Å². The van der Waals surface area contributed by atoms with E-state index in [9.17, 15) is 10.1 Å². The van der Waals surface area contributed by atoms with Crippen molar-refractivity contribution in [2.24, 2.45) is 16.5 Å². The van der Waals surface area contributed by atoms with E-state index in [1.807, 2.05) is 42.5 Å². The molecule has 1 aliphatic heterocycles. The summed E-state index contributed by atoms with van der Waals surface area (Å²) in [6, 6.07) is 13.3. The number of nitrogens with zero attached hydrogens (tertiary/aromatic N) is 2. The molecular formula is C14H13N5O2.